The molecule has 0 bridgehead atoms. The molecule has 4 heteroatoms. The molecule has 0 aromatic rings. The first-order valence-electron chi connectivity index (χ1n) is 6.85. The Balaban J connectivity index is 2.00. The van der Waals surface area contributed by atoms with Crippen LogP contribution in [0.5, 0.6) is 0 Å². The zero-order valence-corrected chi connectivity index (χ0v) is 11.1. The van der Waals surface area contributed by atoms with E-state index in [1.165, 1.54) is 0 Å². The molecule has 0 aliphatic carbocycles. The first kappa shape index (κ1) is 13.3. The highest BCUT2D eigenvalue weighted by molar-refractivity contribution is 4.92. The van der Waals surface area contributed by atoms with Gasteiger partial charge in [-0.25, -0.2) is 0 Å². The van der Waals surface area contributed by atoms with Crippen LogP contribution in [0.1, 0.15) is 39.5 Å². The predicted octanol–water partition coefficient (Wildman–Crippen LogP) is 1.45. The summed E-state index contributed by atoms with van der Waals surface area (Å²) in [6.07, 6.45) is 4.33. The van der Waals surface area contributed by atoms with Gasteiger partial charge in [-0.2, -0.15) is 0 Å². The van der Waals surface area contributed by atoms with Gasteiger partial charge in [0.1, 0.15) is 0 Å². The number of hydrogen-bond acceptors (Lipinski definition) is 4. The van der Waals surface area contributed by atoms with Gasteiger partial charge in [0.2, 0.25) is 0 Å². The third-order valence-corrected chi connectivity index (χ3v) is 4.35. The summed E-state index contributed by atoms with van der Waals surface area (Å²) >= 11 is 0. The molecular formula is C13H26N2O2. The number of rotatable bonds is 3. The summed E-state index contributed by atoms with van der Waals surface area (Å²) in [6.45, 7) is 7.02. The molecule has 17 heavy (non-hydrogen) atoms. The molecule has 2 rings (SSSR count). The summed E-state index contributed by atoms with van der Waals surface area (Å²) in [5.74, 6) is 6.91. The van der Waals surface area contributed by atoms with Crippen molar-refractivity contribution in [3.05, 3.63) is 0 Å². The summed E-state index contributed by atoms with van der Waals surface area (Å²) in [4.78, 5) is 0. The number of hydrazine groups is 1. The number of nitrogens with one attached hydrogen (secondary N) is 1. The predicted molar refractivity (Wildman–Crippen MR) is 67.4 cm³/mol. The van der Waals surface area contributed by atoms with Gasteiger partial charge in [-0.1, -0.05) is 13.8 Å². The van der Waals surface area contributed by atoms with E-state index in [1.54, 1.807) is 0 Å². The van der Waals surface area contributed by atoms with Crippen molar-refractivity contribution >= 4 is 0 Å². The number of ether oxygens (including phenoxy) is 2. The zero-order chi connectivity index (χ0) is 12.3. The molecule has 0 radical (unpaired) electrons. The van der Waals surface area contributed by atoms with E-state index in [2.05, 4.69) is 19.3 Å². The molecule has 2 unspecified atom stereocenters. The van der Waals surface area contributed by atoms with Gasteiger partial charge >= 0.3 is 0 Å². The average Bonchev–Trinajstić information content (AvgIpc) is 2.30. The van der Waals surface area contributed by atoms with Gasteiger partial charge < -0.3 is 9.47 Å². The van der Waals surface area contributed by atoms with Crippen LogP contribution in [0.3, 0.4) is 0 Å². The maximum absolute atomic E-state index is 6.06. The van der Waals surface area contributed by atoms with Crippen LogP contribution >= 0.6 is 0 Å². The van der Waals surface area contributed by atoms with E-state index >= 15 is 0 Å². The van der Waals surface area contributed by atoms with Crippen LogP contribution in [0.15, 0.2) is 0 Å². The Morgan fingerprint density at radius 1 is 1.24 bits per heavy atom. The number of nitrogens with two attached hydrogens (primary N) is 1. The van der Waals surface area contributed by atoms with E-state index < -0.39 is 0 Å². The van der Waals surface area contributed by atoms with Gasteiger partial charge in [-0.3, -0.25) is 11.3 Å². The van der Waals surface area contributed by atoms with Gasteiger partial charge in [0.05, 0.1) is 5.60 Å². The van der Waals surface area contributed by atoms with Gasteiger partial charge in [-0.15, -0.1) is 0 Å². The zero-order valence-electron chi connectivity index (χ0n) is 11.1. The van der Waals surface area contributed by atoms with Crippen molar-refractivity contribution in [2.75, 3.05) is 19.8 Å². The Morgan fingerprint density at radius 3 is 2.53 bits per heavy atom. The molecule has 0 saturated carbocycles. The fourth-order valence-corrected chi connectivity index (χ4v) is 3.34. The molecule has 2 atom stereocenters. The van der Waals surface area contributed by atoms with Crippen LogP contribution in [0.4, 0.5) is 0 Å². The lowest BCUT2D eigenvalue weighted by molar-refractivity contribution is -0.151. The fraction of sp³-hybridized carbons (Fsp3) is 1.00. The molecule has 1 spiro atoms. The highest BCUT2D eigenvalue weighted by atomic mass is 16.5. The van der Waals surface area contributed by atoms with E-state index in [4.69, 9.17) is 15.3 Å². The second-order valence-corrected chi connectivity index (χ2v) is 5.83. The summed E-state index contributed by atoms with van der Waals surface area (Å²) in [5.41, 5.74) is 3.08. The SMILES string of the molecule is CC(C)C(NN)C1CCOC2(CCOCC2)C1. The third kappa shape index (κ3) is 2.99. The topological polar surface area (TPSA) is 56.5 Å². The monoisotopic (exact) mass is 242 g/mol. The molecule has 100 valence electrons. The van der Waals surface area contributed by atoms with Gasteiger partial charge in [-0.05, 0) is 37.5 Å². The summed E-state index contributed by atoms with van der Waals surface area (Å²) < 4.78 is 11.5. The molecule has 2 aliphatic rings. The minimum Gasteiger partial charge on any atom is -0.381 e. The Bertz CT molecular complexity index is 234. The van der Waals surface area contributed by atoms with Crippen LogP contribution in [0.2, 0.25) is 0 Å². The minimum absolute atomic E-state index is 0.0746. The highest BCUT2D eigenvalue weighted by Crippen LogP contribution is 2.39. The van der Waals surface area contributed by atoms with E-state index in [1.807, 2.05) is 0 Å². The smallest absolute Gasteiger partial charge is 0.0729 e. The highest BCUT2D eigenvalue weighted by Gasteiger charge is 2.41. The van der Waals surface area contributed by atoms with E-state index in [9.17, 15) is 0 Å². The van der Waals surface area contributed by atoms with Gasteiger partial charge in [0.25, 0.3) is 0 Å². The summed E-state index contributed by atoms with van der Waals surface area (Å²) in [6, 6.07) is 0.401. The lowest BCUT2D eigenvalue weighted by Crippen LogP contribution is -2.52. The quantitative estimate of drug-likeness (QED) is 0.581. The van der Waals surface area contributed by atoms with E-state index in [0.29, 0.717) is 17.9 Å². The van der Waals surface area contributed by atoms with Gasteiger partial charge in [0.15, 0.2) is 0 Å². The van der Waals surface area contributed by atoms with Gasteiger partial charge in [0, 0.05) is 25.9 Å². The van der Waals surface area contributed by atoms with E-state index in [0.717, 1.165) is 45.5 Å². The van der Waals surface area contributed by atoms with Crippen molar-refractivity contribution in [3.8, 4) is 0 Å². The van der Waals surface area contributed by atoms with Crippen LogP contribution < -0.4 is 11.3 Å². The van der Waals surface area contributed by atoms with Crippen molar-refractivity contribution < 1.29 is 9.47 Å². The van der Waals surface area contributed by atoms with Crippen molar-refractivity contribution in [2.45, 2.75) is 51.2 Å². The number of hydrogen-bond donors (Lipinski definition) is 2. The third-order valence-electron chi connectivity index (χ3n) is 4.35. The average molecular weight is 242 g/mol. The summed E-state index contributed by atoms with van der Waals surface area (Å²) in [5, 5.41) is 0. The standard InChI is InChI=1S/C13H26N2O2/c1-10(2)12(15-14)11-3-6-17-13(9-11)4-7-16-8-5-13/h10-12,15H,3-9,14H2,1-2H3. The molecule has 0 aromatic heterocycles. The Morgan fingerprint density at radius 2 is 1.94 bits per heavy atom. The van der Waals surface area contributed by atoms with E-state index in [-0.39, 0.29) is 5.60 Å². The van der Waals surface area contributed by atoms with Crippen LogP contribution in [-0.2, 0) is 9.47 Å². The Kier molecular flexibility index (Phi) is 4.42. The molecular weight excluding hydrogens is 216 g/mol. The lowest BCUT2D eigenvalue weighted by Gasteiger charge is -2.45. The largest absolute Gasteiger partial charge is 0.381 e. The maximum Gasteiger partial charge on any atom is 0.0729 e. The van der Waals surface area contributed by atoms with Crippen molar-refractivity contribution in [3.63, 3.8) is 0 Å². The molecule has 3 N–H and O–H groups in total. The van der Waals surface area contributed by atoms with Crippen LogP contribution in [0, 0.1) is 11.8 Å². The van der Waals surface area contributed by atoms with Crippen molar-refractivity contribution in [1.82, 2.24) is 5.43 Å². The molecule has 2 aliphatic heterocycles. The first-order chi connectivity index (χ1) is 8.17. The van der Waals surface area contributed by atoms with Crippen molar-refractivity contribution in [2.24, 2.45) is 17.7 Å². The molecule has 4 nitrogen and oxygen atoms in total. The second kappa shape index (κ2) is 5.65. The minimum atomic E-state index is 0.0746. The molecule has 2 saturated heterocycles. The first-order valence-corrected chi connectivity index (χ1v) is 6.85. The van der Waals surface area contributed by atoms with Crippen LogP contribution in [0.25, 0.3) is 0 Å². The maximum atomic E-state index is 6.06. The Labute approximate surface area is 104 Å². The molecule has 0 aromatic carbocycles. The summed E-state index contributed by atoms with van der Waals surface area (Å²) in [7, 11) is 0. The Hall–Kier alpha value is -0.160. The van der Waals surface area contributed by atoms with Crippen LogP contribution in [-0.4, -0.2) is 31.5 Å². The fourth-order valence-electron chi connectivity index (χ4n) is 3.34. The molecule has 0 amide bonds. The molecule has 2 heterocycles. The van der Waals surface area contributed by atoms with Crippen molar-refractivity contribution in [1.29, 1.82) is 0 Å². The second-order valence-electron chi connectivity index (χ2n) is 5.83. The lowest BCUT2D eigenvalue weighted by atomic mass is 9.75. The normalized spacial score (nSPS) is 30.7. The molecule has 2 fully saturated rings.